The largest absolute Gasteiger partial charge is 0.364 e. The summed E-state index contributed by atoms with van der Waals surface area (Å²) in [5.41, 5.74) is 2.02. The van der Waals surface area contributed by atoms with Crippen LogP contribution in [0.25, 0.3) is 0 Å². The Morgan fingerprint density at radius 3 is 2.36 bits per heavy atom. The van der Waals surface area contributed by atoms with E-state index in [1.54, 1.807) is 18.2 Å². The Hall–Kier alpha value is -2.70. The average Bonchev–Trinajstić information content (AvgIpc) is 2.66. The van der Waals surface area contributed by atoms with Crippen molar-refractivity contribution in [2.24, 2.45) is 0 Å². The zero-order valence-electron chi connectivity index (χ0n) is 16.4. The lowest BCUT2D eigenvalue weighted by Crippen LogP contribution is -3.16. The highest BCUT2D eigenvalue weighted by Crippen LogP contribution is 2.15. The second-order valence-corrected chi connectivity index (χ2v) is 7.35. The number of carbonyl (C=O) groups is 2. The van der Waals surface area contributed by atoms with Crippen LogP contribution in [-0.2, 0) is 16.1 Å². The van der Waals surface area contributed by atoms with Crippen LogP contribution in [0.2, 0.25) is 0 Å². The highest BCUT2D eigenvalue weighted by atomic mass is 16.5. The van der Waals surface area contributed by atoms with Gasteiger partial charge in [0.2, 0.25) is 0 Å². The third kappa shape index (κ3) is 5.65. The number of hydrogen-bond donors (Lipinski definition) is 3. The van der Waals surface area contributed by atoms with Gasteiger partial charge in [0.05, 0.1) is 11.3 Å². The monoisotopic (exact) mass is 382 g/mol. The fourth-order valence-electron chi connectivity index (χ4n) is 3.62. The quantitative estimate of drug-likeness (QED) is 0.704. The standard InChI is InChI=1S/C22H27N3O3/c1-16-13-25(14-17(2)28-16)15-21(26)24-20-11-7-6-10-19(20)22(27)23-12-18-8-4-3-5-9-18/h3-11,16-17H,12-15H2,1-2H3,(H,23,27)(H,24,26)/p+1/t16-,17-/m1/s1. The zero-order chi connectivity index (χ0) is 19.9. The average molecular weight is 382 g/mol. The van der Waals surface area contributed by atoms with Gasteiger partial charge in [0.1, 0.15) is 25.3 Å². The van der Waals surface area contributed by atoms with Crippen LogP contribution in [0.15, 0.2) is 54.6 Å². The first-order chi connectivity index (χ1) is 13.5. The Bertz CT molecular complexity index is 800. The fourth-order valence-corrected chi connectivity index (χ4v) is 3.62. The van der Waals surface area contributed by atoms with E-state index in [-0.39, 0.29) is 24.0 Å². The molecule has 0 spiro atoms. The van der Waals surface area contributed by atoms with Gasteiger partial charge in [0, 0.05) is 6.54 Å². The van der Waals surface area contributed by atoms with Crippen molar-refractivity contribution in [1.82, 2.24) is 5.32 Å². The number of quaternary nitrogens is 1. The highest BCUT2D eigenvalue weighted by Gasteiger charge is 2.27. The summed E-state index contributed by atoms with van der Waals surface area (Å²) in [5.74, 6) is -0.305. The summed E-state index contributed by atoms with van der Waals surface area (Å²) in [6.07, 6.45) is 0.283. The maximum atomic E-state index is 12.6. The lowest BCUT2D eigenvalue weighted by Gasteiger charge is -2.31. The SMILES string of the molecule is C[C@@H]1C[NH+](CC(=O)Nc2ccccc2C(=O)NCc2ccccc2)C[C@@H](C)O1. The number of benzene rings is 2. The number of hydrogen-bond acceptors (Lipinski definition) is 3. The molecule has 2 aromatic carbocycles. The Kier molecular flexibility index (Phi) is 6.79. The van der Waals surface area contributed by atoms with Crippen molar-refractivity contribution in [3.05, 3.63) is 65.7 Å². The normalized spacial score (nSPS) is 21.7. The van der Waals surface area contributed by atoms with E-state index in [0.717, 1.165) is 18.7 Å². The zero-order valence-corrected chi connectivity index (χ0v) is 16.4. The maximum absolute atomic E-state index is 12.6. The van der Waals surface area contributed by atoms with Crippen molar-refractivity contribution in [2.45, 2.75) is 32.6 Å². The third-order valence-corrected chi connectivity index (χ3v) is 4.77. The first kappa shape index (κ1) is 20.0. The molecule has 28 heavy (non-hydrogen) atoms. The molecule has 2 aromatic rings. The Morgan fingerprint density at radius 2 is 1.64 bits per heavy atom. The molecule has 0 aliphatic carbocycles. The van der Waals surface area contributed by atoms with Gasteiger partial charge in [-0.2, -0.15) is 0 Å². The van der Waals surface area contributed by atoms with Gasteiger partial charge in [-0.25, -0.2) is 0 Å². The van der Waals surface area contributed by atoms with Crippen molar-refractivity contribution in [3.8, 4) is 0 Å². The van der Waals surface area contributed by atoms with E-state index in [0.29, 0.717) is 24.3 Å². The summed E-state index contributed by atoms with van der Waals surface area (Å²) < 4.78 is 5.72. The molecule has 2 amide bonds. The van der Waals surface area contributed by atoms with E-state index in [9.17, 15) is 9.59 Å². The molecule has 0 bridgehead atoms. The number of para-hydroxylation sites is 1. The molecule has 1 heterocycles. The first-order valence-corrected chi connectivity index (χ1v) is 9.71. The molecule has 0 unspecified atom stereocenters. The van der Waals surface area contributed by atoms with Crippen LogP contribution in [-0.4, -0.2) is 43.7 Å². The summed E-state index contributed by atoms with van der Waals surface area (Å²) in [6, 6.07) is 16.8. The molecule has 1 fully saturated rings. The van der Waals surface area contributed by atoms with Crippen LogP contribution in [0.1, 0.15) is 29.8 Å². The van der Waals surface area contributed by atoms with E-state index < -0.39 is 0 Å². The minimum atomic E-state index is -0.208. The maximum Gasteiger partial charge on any atom is 0.279 e. The Morgan fingerprint density at radius 1 is 1.00 bits per heavy atom. The number of nitrogens with one attached hydrogen (secondary N) is 3. The van der Waals surface area contributed by atoms with Gasteiger partial charge in [-0.05, 0) is 31.5 Å². The van der Waals surface area contributed by atoms with Gasteiger partial charge >= 0.3 is 0 Å². The number of carbonyl (C=O) groups excluding carboxylic acids is 2. The van der Waals surface area contributed by atoms with Gasteiger partial charge in [-0.15, -0.1) is 0 Å². The fraction of sp³-hybridized carbons (Fsp3) is 0.364. The third-order valence-electron chi connectivity index (χ3n) is 4.77. The summed E-state index contributed by atoms with van der Waals surface area (Å²) in [7, 11) is 0. The minimum absolute atomic E-state index is 0.0976. The molecule has 1 aliphatic heterocycles. The molecule has 6 heteroatoms. The number of amides is 2. The van der Waals surface area contributed by atoms with Crippen molar-refractivity contribution in [2.75, 3.05) is 25.0 Å². The molecule has 1 saturated heterocycles. The topological polar surface area (TPSA) is 71.9 Å². The molecule has 1 aliphatic rings. The molecule has 0 radical (unpaired) electrons. The molecular formula is C22H28N3O3+. The van der Waals surface area contributed by atoms with Crippen LogP contribution in [0.3, 0.4) is 0 Å². The van der Waals surface area contributed by atoms with Gasteiger partial charge < -0.3 is 20.3 Å². The number of ether oxygens (including phenoxy) is 1. The lowest BCUT2D eigenvalue weighted by atomic mass is 10.1. The van der Waals surface area contributed by atoms with E-state index in [1.807, 2.05) is 50.2 Å². The highest BCUT2D eigenvalue weighted by molar-refractivity contribution is 6.03. The van der Waals surface area contributed by atoms with Crippen molar-refractivity contribution < 1.29 is 19.2 Å². The molecule has 3 N–H and O–H groups in total. The molecule has 3 rings (SSSR count). The van der Waals surface area contributed by atoms with Crippen molar-refractivity contribution in [3.63, 3.8) is 0 Å². The number of morpholine rings is 1. The van der Waals surface area contributed by atoms with Crippen molar-refractivity contribution in [1.29, 1.82) is 0 Å². The van der Waals surface area contributed by atoms with Gasteiger partial charge in [-0.3, -0.25) is 9.59 Å². The summed E-state index contributed by atoms with van der Waals surface area (Å²) in [6.45, 7) is 6.46. The first-order valence-electron chi connectivity index (χ1n) is 9.71. The van der Waals surface area contributed by atoms with Gasteiger partial charge in [0.25, 0.3) is 11.8 Å². The lowest BCUT2D eigenvalue weighted by molar-refractivity contribution is -0.907. The minimum Gasteiger partial charge on any atom is -0.364 e. The Labute approximate surface area is 165 Å². The number of anilines is 1. The van der Waals surface area contributed by atoms with E-state index in [4.69, 9.17) is 4.74 Å². The summed E-state index contributed by atoms with van der Waals surface area (Å²) in [5, 5.41) is 5.82. The summed E-state index contributed by atoms with van der Waals surface area (Å²) in [4.78, 5) is 26.3. The van der Waals surface area contributed by atoms with Crippen LogP contribution >= 0.6 is 0 Å². The molecule has 0 aromatic heterocycles. The van der Waals surface area contributed by atoms with E-state index in [1.165, 1.54) is 4.90 Å². The Balaban J connectivity index is 1.60. The van der Waals surface area contributed by atoms with Gasteiger partial charge in [-0.1, -0.05) is 42.5 Å². The molecule has 2 atom stereocenters. The molecule has 6 nitrogen and oxygen atoms in total. The van der Waals surface area contributed by atoms with Crippen LogP contribution in [0.4, 0.5) is 5.69 Å². The van der Waals surface area contributed by atoms with Crippen LogP contribution < -0.4 is 15.5 Å². The number of rotatable bonds is 6. The predicted octanol–water partition coefficient (Wildman–Crippen LogP) is 1.25. The van der Waals surface area contributed by atoms with E-state index in [2.05, 4.69) is 10.6 Å². The second kappa shape index (κ2) is 9.48. The van der Waals surface area contributed by atoms with Gasteiger partial charge in [0.15, 0.2) is 6.54 Å². The molecule has 148 valence electrons. The molecular weight excluding hydrogens is 354 g/mol. The molecule has 0 saturated carbocycles. The van der Waals surface area contributed by atoms with Crippen LogP contribution in [0, 0.1) is 0 Å². The summed E-state index contributed by atoms with van der Waals surface area (Å²) >= 11 is 0. The van der Waals surface area contributed by atoms with Crippen LogP contribution in [0.5, 0.6) is 0 Å². The van der Waals surface area contributed by atoms with Crippen molar-refractivity contribution >= 4 is 17.5 Å². The smallest absolute Gasteiger partial charge is 0.279 e. The van der Waals surface area contributed by atoms with E-state index >= 15 is 0 Å². The predicted molar refractivity (Wildman–Crippen MR) is 108 cm³/mol. The second-order valence-electron chi connectivity index (χ2n) is 7.35.